The van der Waals surface area contributed by atoms with Gasteiger partial charge in [-0.2, -0.15) is 0 Å². The van der Waals surface area contributed by atoms with Crippen LogP contribution in [0.4, 0.5) is 11.4 Å². The highest BCUT2D eigenvalue weighted by molar-refractivity contribution is 5.88. The zero-order valence-corrected chi connectivity index (χ0v) is 14.7. The molecule has 0 radical (unpaired) electrons. The summed E-state index contributed by atoms with van der Waals surface area (Å²) >= 11 is 0. The van der Waals surface area contributed by atoms with E-state index in [2.05, 4.69) is 95.6 Å². The van der Waals surface area contributed by atoms with Crippen LogP contribution in [0.1, 0.15) is 11.1 Å². The molecule has 0 aliphatic carbocycles. The molecule has 4 rings (SSSR count). The lowest BCUT2D eigenvalue weighted by atomic mass is 10.1. The Morgan fingerprint density at radius 2 is 0.885 bits per heavy atom. The SMILES string of the molecule is c1ccc(CNc2ccc3cc(NCc4ccccc4)ccc3c2)cc1. The summed E-state index contributed by atoms with van der Waals surface area (Å²) in [5.74, 6) is 0. The fourth-order valence-electron chi connectivity index (χ4n) is 3.07. The second-order valence-corrected chi connectivity index (χ2v) is 6.46. The zero-order valence-electron chi connectivity index (χ0n) is 14.7. The van der Waals surface area contributed by atoms with Crippen LogP contribution in [0.15, 0.2) is 97.1 Å². The van der Waals surface area contributed by atoms with Crippen molar-refractivity contribution in [3.8, 4) is 0 Å². The van der Waals surface area contributed by atoms with Crippen molar-refractivity contribution in [3.63, 3.8) is 0 Å². The third-order valence-corrected chi connectivity index (χ3v) is 4.52. The molecule has 0 saturated heterocycles. The van der Waals surface area contributed by atoms with Gasteiger partial charge in [-0.05, 0) is 46.2 Å². The molecule has 0 spiro atoms. The fourth-order valence-corrected chi connectivity index (χ4v) is 3.07. The average Bonchev–Trinajstić information content (AvgIpc) is 2.72. The lowest BCUT2D eigenvalue weighted by molar-refractivity contribution is 1.15. The van der Waals surface area contributed by atoms with Crippen LogP contribution in [-0.4, -0.2) is 0 Å². The van der Waals surface area contributed by atoms with E-state index in [0.29, 0.717) is 0 Å². The molecule has 2 nitrogen and oxygen atoms in total. The largest absolute Gasteiger partial charge is 0.381 e. The normalized spacial score (nSPS) is 10.6. The zero-order chi connectivity index (χ0) is 17.6. The maximum atomic E-state index is 3.50. The van der Waals surface area contributed by atoms with E-state index >= 15 is 0 Å². The van der Waals surface area contributed by atoms with Crippen molar-refractivity contribution in [2.45, 2.75) is 13.1 Å². The van der Waals surface area contributed by atoms with Crippen LogP contribution in [0.25, 0.3) is 10.8 Å². The number of fused-ring (bicyclic) bond motifs is 1. The summed E-state index contributed by atoms with van der Waals surface area (Å²) in [6.45, 7) is 1.67. The second-order valence-electron chi connectivity index (χ2n) is 6.46. The first-order chi connectivity index (χ1) is 12.9. The van der Waals surface area contributed by atoms with Gasteiger partial charge in [-0.1, -0.05) is 72.8 Å². The molecule has 0 saturated carbocycles. The predicted molar refractivity (Wildman–Crippen MR) is 111 cm³/mol. The highest BCUT2D eigenvalue weighted by Gasteiger charge is 2.00. The Labute approximate surface area is 154 Å². The van der Waals surface area contributed by atoms with Crippen LogP contribution in [-0.2, 0) is 13.1 Å². The van der Waals surface area contributed by atoms with Crippen LogP contribution < -0.4 is 10.6 Å². The van der Waals surface area contributed by atoms with Gasteiger partial charge in [0.15, 0.2) is 0 Å². The highest BCUT2D eigenvalue weighted by Crippen LogP contribution is 2.23. The van der Waals surface area contributed by atoms with Crippen LogP contribution in [0.2, 0.25) is 0 Å². The fraction of sp³-hybridized carbons (Fsp3) is 0.0833. The molecule has 4 aromatic rings. The maximum absolute atomic E-state index is 3.50. The van der Waals surface area contributed by atoms with Crippen LogP contribution in [0, 0.1) is 0 Å². The summed E-state index contributed by atoms with van der Waals surface area (Å²) < 4.78 is 0. The maximum Gasteiger partial charge on any atom is 0.0400 e. The molecule has 2 heteroatoms. The molecule has 2 N–H and O–H groups in total. The van der Waals surface area contributed by atoms with Crippen molar-refractivity contribution in [1.29, 1.82) is 0 Å². The van der Waals surface area contributed by atoms with Gasteiger partial charge in [-0.25, -0.2) is 0 Å². The second kappa shape index (κ2) is 7.75. The third kappa shape index (κ3) is 4.04. The van der Waals surface area contributed by atoms with Crippen molar-refractivity contribution in [1.82, 2.24) is 0 Å². The molecule has 0 heterocycles. The van der Waals surface area contributed by atoms with E-state index in [1.165, 1.54) is 21.9 Å². The number of hydrogen-bond donors (Lipinski definition) is 2. The first-order valence-electron chi connectivity index (χ1n) is 8.96. The van der Waals surface area contributed by atoms with Gasteiger partial charge in [0.25, 0.3) is 0 Å². The summed E-state index contributed by atoms with van der Waals surface area (Å²) in [6.07, 6.45) is 0. The number of hydrogen-bond acceptors (Lipinski definition) is 2. The van der Waals surface area contributed by atoms with Crippen molar-refractivity contribution in [2.24, 2.45) is 0 Å². The van der Waals surface area contributed by atoms with E-state index < -0.39 is 0 Å². The number of nitrogens with one attached hydrogen (secondary N) is 2. The number of anilines is 2. The quantitative estimate of drug-likeness (QED) is 0.446. The molecule has 0 amide bonds. The van der Waals surface area contributed by atoms with Gasteiger partial charge in [0.1, 0.15) is 0 Å². The lowest BCUT2D eigenvalue weighted by Gasteiger charge is -2.10. The molecular formula is C24H22N2. The van der Waals surface area contributed by atoms with E-state index in [-0.39, 0.29) is 0 Å². The first-order valence-corrected chi connectivity index (χ1v) is 8.96. The van der Waals surface area contributed by atoms with Crippen molar-refractivity contribution >= 4 is 22.1 Å². The highest BCUT2D eigenvalue weighted by atomic mass is 14.9. The Kier molecular flexibility index (Phi) is 4.83. The topological polar surface area (TPSA) is 24.1 Å². The molecule has 4 aromatic carbocycles. The minimum Gasteiger partial charge on any atom is -0.381 e. The van der Waals surface area contributed by atoms with Crippen LogP contribution >= 0.6 is 0 Å². The molecule has 0 unspecified atom stereocenters. The van der Waals surface area contributed by atoms with Gasteiger partial charge < -0.3 is 10.6 Å². The molecule has 0 atom stereocenters. The Bertz CT molecular complexity index is 896. The van der Waals surface area contributed by atoms with Gasteiger partial charge in [0, 0.05) is 24.5 Å². The average molecular weight is 338 g/mol. The molecule has 26 heavy (non-hydrogen) atoms. The van der Waals surface area contributed by atoms with Crippen LogP contribution in [0.3, 0.4) is 0 Å². The van der Waals surface area contributed by atoms with Crippen LogP contribution in [0.5, 0.6) is 0 Å². The van der Waals surface area contributed by atoms with Gasteiger partial charge in [0.2, 0.25) is 0 Å². The van der Waals surface area contributed by atoms with E-state index in [1.807, 2.05) is 12.1 Å². The molecule has 0 fully saturated rings. The predicted octanol–water partition coefficient (Wildman–Crippen LogP) is 6.06. The van der Waals surface area contributed by atoms with Gasteiger partial charge in [-0.3, -0.25) is 0 Å². The number of rotatable bonds is 6. The van der Waals surface area contributed by atoms with Crippen molar-refractivity contribution in [3.05, 3.63) is 108 Å². The molecule has 0 aliphatic heterocycles. The number of benzene rings is 4. The Balaban J connectivity index is 1.44. The minimum atomic E-state index is 0.836. The molecule has 0 aliphatic rings. The Hall–Kier alpha value is -3.26. The van der Waals surface area contributed by atoms with Crippen molar-refractivity contribution in [2.75, 3.05) is 10.6 Å². The van der Waals surface area contributed by atoms with E-state index in [4.69, 9.17) is 0 Å². The summed E-state index contributed by atoms with van der Waals surface area (Å²) in [4.78, 5) is 0. The smallest absolute Gasteiger partial charge is 0.0400 e. The van der Waals surface area contributed by atoms with Gasteiger partial charge in [-0.15, -0.1) is 0 Å². The minimum absolute atomic E-state index is 0.836. The first kappa shape index (κ1) is 16.2. The Morgan fingerprint density at radius 1 is 0.462 bits per heavy atom. The Morgan fingerprint density at radius 3 is 1.31 bits per heavy atom. The standard InChI is InChI=1S/C24H22N2/c1-3-7-19(8-4-1)17-25-23-13-11-22-16-24(14-12-21(22)15-23)26-18-20-9-5-2-6-10-20/h1-16,25-26H,17-18H2. The molecular weight excluding hydrogens is 316 g/mol. The lowest BCUT2D eigenvalue weighted by Crippen LogP contribution is -2.00. The summed E-state index contributed by atoms with van der Waals surface area (Å²) in [5.41, 5.74) is 4.86. The third-order valence-electron chi connectivity index (χ3n) is 4.52. The monoisotopic (exact) mass is 338 g/mol. The molecule has 128 valence electrons. The van der Waals surface area contributed by atoms with Gasteiger partial charge in [0.05, 0.1) is 0 Å². The van der Waals surface area contributed by atoms with Gasteiger partial charge >= 0.3 is 0 Å². The molecule has 0 bridgehead atoms. The molecule has 0 aromatic heterocycles. The summed E-state index contributed by atoms with van der Waals surface area (Å²) in [7, 11) is 0. The van der Waals surface area contributed by atoms with E-state index in [1.54, 1.807) is 0 Å². The summed E-state index contributed by atoms with van der Waals surface area (Å²) in [5, 5.41) is 9.49. The van der Waals surface area contributed by atoms with Crippen molar-refractivity contribution < 1.29 is 0 Å². The summed E-state index contributed by atoms with van der Waals surface area (Å²) in [6, 6.07) is 34.0. The van der Waals surface area contributed by atoms with E-state index in [0.717, 1.165) is 24.5 Å². The van der Waals surface area contributed by atoms with E-state index in [9.17, 15) is 0 Å².